The number of hydrogen-bond acceptors (Lipinski definition) is 3. The third-order valence-corrected chi connectivity index (χ3v) is 13.6. The minimum absolute atomic E-state index is 0.0699. The first-order valence-electron chi connectivity index (χ1n) is 21.7. The van der Waals surface area contributed by atoms with Crippen molar-refractivity contribution in [3.05, 3.63) is 187 Å². The molecule has 298 valence electrons. The molecule has 0 aliphatic heterocycles. The van der Waals surface area contributed by atoms with Gasteiger partial charge in [-0.2, -0.15) is 0 Å². The van der Waals surface area contributed by atoms with Gasteiger partial charge in [-0.1, -0.05) is 143 Å². The molecule has 0 amide bonds. The highest BCUT2D eigenvalue weighted by Gasteiger charge is 2.38. The molecule has 1 aliphatic carbocycles. The number of hydrogen-bond donors (Lipinski definition) is 0. The van der Waals surface area contributed by atoms with E-state index >= 15 is 0 Å². The van der Waals surface area contributed by atoms with Gasteiger partial charge in [0.25, 0.3) is 0 Å². The van der Waals surface area contributed by atoms with Crippen molar-refractivity contribution in [2.24, 2.45) is 0 Å². The maximum atomic E-state index is 5.30. The first kappa shape index (κ1) is 36.5. The molecule has 0 unspecified atom stereocenters. The fraction of sp³-hybridized carbons (Fsp3) is 0.140. The average Bonchev–Trinajstić information content (AvgIpc) is 3.81. The Bertz CT molecular complexity index is 3570. The summed E-state index contributed by atoms with van der Waals surface area (Å²) in [6.07, 6.45) is 2.33. The highest BCUT2D eigenvalue weighted by Crippen LogP contribution is 2.49. The summed E-state index contributed by atoms with van der Waals surface area (Å²) in [5, 5.41) is 7.43. The van der Waals surface area contributed by atoms with E-state index < -0.39 is 0 Å². The lowest BCUT2D eigenvalue weighted by molar-refractivity contribution is 0.332. The molecule has 0 atom stereocenters. The molecule has 5 heteroatoms. The zero-order valence-corrected chi connectivity index (χ0v) is 35.4. The van der Waals surface area contributed by atoms with Crippen molar-refractivity contribution in [1.82, 2.24) is 24.1 Å². The highest BCUT2D eigenvalue weighted by atomic mass is 15.0. The summed E-state index contributed by atoms with van der Waals surface area (Å²) in [4.78, 5) is 15.7. The monoisotopic (exact) mass is 799 g/mol. The molecule has 0 spiro atoms. The van der Waals surface area contributed by atoms with Crippen LogP contribution < -0.4 is 0 Å². The number of nitrogens with zero attached hydrogens (tertiary/aromatic N) is 5. The second-order valence-corrected chi connectivity index (χ2v) is 18.4. The van der Waals surface area contributed by atoms with E-state index in [0.717, 1.165) is 45.5 Å². The van der Waals surface area contributed by atoms with Crippen molar-refractivity contribution in [2.45, 2.75) is 51.4 Å². The molecule has 0 saturated heterocycles. The van der Waals surface area contributed by atoms with Gasteiger partial charge in [-0.05, 0) is 106 Å². The quantitative estimate of drug-likeness (QED) is 0.174. The lowest BCUT2D eigenvalue weighted by atomic mass is 9.63. The van der Waals surface area contributed by atoms with Crippen LogP contribution in [-0.2, 0) is 10.8 Å². The van der Waals surface area contributed by atoms with Gasteiger partial charge in [-0.15, -0.1) is 0 Å². The zero-order valence-electron chi connectivity index (χ0n) is 35.4. The molecule has 0 bridgehead atoms. The van der Waals surface area contributed by atoms with Gasteiger partial charge in [-0.3, -0.25) is 0 Å². The molecule has 0 saturated carbocycles. The van der Waals surface area contributed by atoms with E-state index in [9.17, 15) is 0 Å². The summed E-state index contributed by atoms with van der Waals surface area (Å²) in [6.45, 7) is 9.66. The van der Waals surface area contributed by atoms with Crippen LogP contribution >= 0.6 is 0 Å². The number of fused-ring (bicyclic) bond motifs is 8. The molecule has 8 aromatic carbocycles. The molecule has 62 heavy (non-hydrogen) atoms. The van der Waals surface area contributed by atoms with E-state index in [1.807, 2.05) is 18.2 Å². The van der Waals surface area contributed by atoms with Gasteiger partial charge in [0.1, 0.15) is 0 Å². The molecule has 1 aliphatic rings. The van der Waals surface area contributed by atoms with Crippen LogP contribution in [0.15, 0.2) is 176 Å². The van der Waals surface area contributed by atoms with E-state index in [0.29, 0.717) is 17.5 Å². The Morgan fingerprint density at radius 1 is 0.355 bits per heavy atom. The zero-order chi connectivity index (χ0) is 41.7. The van der Waals surface area contributed by atoms with Gasteiger partial charge in [0.05, 0.1) is 22.1 Å². The van der Waals surface area contributed by atoms with Crippen LogP contribution in [0, 0.1) is 0 Å². The van der Waals surface area contributed by atoms with Gasteiger partial charge < -0.3 is 9.13 Å². The van der Waals surface area contributed by atoms with Crippen molar-refractivity contribution in [2.75, 3.05) is 0 Å². The lowest BCUT2D eigenvalue weighted by Crippen LogP contribution is -2.33. The molecule has 0 fully saturated rings. The summed E-state index contributed by atoms with van der Waals surface area (Å²) in [5.41, 5.74) is 12.7. The summed E-state index contributed by atoms with van der Waals surface area (Å²) in [5.74, 6) is 1.90. The molecule has 0 N–H and O–H groups in total. The largest absolute Gasteiger partial charge is 0.309 e. The molecular weight excluding hydrogens is 755 g/mol. The first-order valence-corrected chi connectivity index (χ1v) is 21.7. The van der Waals surface area contributed by atoms with Crippen molar-refractivity contribution < 1.29 is 0 Å². The highest BCUT2D eigenvalue weighted by molar-refractivity contribution is 6.14. The van der Waals surface area contributed by atoms with Crippen LogP contribution in [0.4, 0.5) is 0 Å². The van der Waals surface area contributed by atoms with Crippen molar-refractivity contribution in [1.29, 1.82) is 0 Å². The van der Waals surface area contributed by atoms with Gasteiger partial charge in [0, 0.05) is 49.6 Å². The van der Waals surface area contributed by atoms with Crippen LogP contribution in [-0.4, -0.2) is 24.1 Å². The molecule has 3 aromatic heterocycles. The van der Waals surface area contributed by atoms with Gasteiger partial charge >= 0.3 is 0 Å². The number of para-hydroxylation sites is 2. The predicted molar refractivity (Wildman–Crippen MR) is 258 cm³/mol. The van der Waals surface area contributed by atoms with E-state index in [1.165, 1.54) is 60.9 Å². The Hall–Kier alpha value is -7.37. The number of benzene rings is 8. The number of rotatable bonds is 5. The molecular formula is C57H45N5. The summed E-state index contributed by atoms with van der Waals surface area (Å²) >= 11 is 0. The van der Waals surface area contributed by atoms with Crippen molar-refractivity contribution >= 4 is 54.4 Å². The van der Waals surface area contributed by atoms with Crippen LogP contribution in [0.2, 0.25) is 0 Å². The van der Waals surface area contributed by atoms with E-state index in [-0.39, 0.29) is 10.8 Å². The second kappa shape index (κ2) is 13.6. The average molecular weight is 800 g/mol. The third-order valence-electron chi connectivity index (χ3n) is 13.6. The maximum absolute atomic E-state index is 5.30. The molecule has 12 rings (SSSR count). The van der Waals surface area contributed by atoms with Gasteiger partial charge in [0.2, 0.25) is 0 Å². The van der Waals surface area contributed by atoms with E-state index in [1.54, 1.807) is 0 Å². The van der Waals surface area contributed by atoms with Gasteiger partial charge in [-0.25, -0.2) is 15.0 Å². The lowest BCUT2D eigenvalue weighted by Gasteiger charge is -2.42. The van der Waals surface area contributed by atoms with E-state index in [2.05, 4.69) is 195 Å². The van der Waals surface area contributed by atoms with Crippen molar-refractivity contribution in [3.63, 3.8) is 0 Å². The Morgan fingerprint density at radius 2 is 0.855 bits per heavy atom. The maximum Gasteiger partial charge on any atom is 0.164 e. The molecule has 5 nitrogen and oxygen atoms in total. The minimum Gasteiger partial charge on any atom is -0.309 e. The Balaban J connectivity index is 1.08. The third kappa shape index (κ3) is 5.72. The topological polar surface area (TPSA) is 48.5 Å². The second-order valence-electron chi connectivity index (χ2n) is 18.4. The molecule has 3 heterocycles. The minimum atomic E-state index is 0.0699. The molecule has 11 aromatic rings. The fourth-order valence-corrected chi connectivity index (χ4v) is 10.1. The first-order chi connectivity index (χ1) is 30.2. The predicted octanol–water partition coefficient (Wildman–Crippen LogP) is 14.6. The van der Waals surface area contributed by atoms with Crippen LogP contribution in [0.25, 0.3) is 99.9 Å². The van der Waals surface area contributed by atoms with Crippen molar-refractivity contribution in [3.8, 4) is 45.5 Å². The Labute approximate surface area is 361 Å². The summed E-state index contributed by atoms with van der Waals surface area (Å²) in [7, 11) is 0. The Morgan fingerprint density at radius 3 is 1.60 bits per heavy atom. The number of aromatic nitrogens is 5. The van der Waals surface area contributed by atoms with Crippen LogP contribution in [0.1, 0.15) is 51.7 Å². The van der Waals surface area contributed by atoms with Gasteiger partial charge in [0.15, 0.2) is 17.5 Å². The Kier molecular flexibility index (Phi) is 7.98. The molecule has 0 radical (unpaired) electrons. The fourth-order valence-electron chi connectivity index (χ4n) is 10.1. The van der Waals surface area contributed by atoms with E-state index in [4.69, 9.17) is 15.0 Å². The smallest absolute Gasteiger partial charge is 0.164 e. The standard InChI is InChI=1S/C57H45N5/c1-56(2)28-29-57(3,4)48-35-52-46(34-47(48)56)45-31-37-18-11-12-19-38(37)32-51(45)62(52)42-23-15-20-39(30-42)54-58-53(36-16-7-5-8-17-36)59-55(60-54)40-26-27-44-43-24-13-14-25-49(43)61(50(44)33-40)41-21-9-6-10-22-41/h5-27,30-35H,28-29H2,1-4H3. The summed E-state index contributed by atoms with van der Waals surface area (Å²) < 4.78 is 4.81. The van der Waals surface area contributed by atoms with Crippen LogP contribution in [0.5, 0.6) is 0 Å². The van der Waals surface area contributed by atoms with Crippen LogP contribution in [0.3, 0.4) is 0 Å². The summed E-state index contributed by atoms with van der Waals surface area (Å²) in [6, 6.07) is 63.3. The normalized spacial score (nSPS) is 14.6. The SMILES string of the molecule is CC1(C)CCC(C)(C)c2cc3c(cc21)c1cc2ccccc2cc1n3-c1cccc(-c2nc(-c3ccccc3)nc(-c3ccc4c5ccccc5n(-c5ccccc5)c4c3)n2)c1.